The molecule has 0 radical (unpaired) electrons. The monoisotopic (exact) mass is 267 g/mol. The van der Waals surface area contributed by atoms with Crippen LogP contribution in [0.5, 0.6) is 5.75 Å². The van der Waals surface area contributed by atoms with Crippen LogP contribution >= 0.6 is 11.8 Å². The summed E-state index contributed by atoms with van der Waals surface area (Å²) < 4.78 is 5.66. The van der Waals surface area contributed by atoms with Crippen LogP contribution in [0.3, 0.4) is 0 Å². The summed E-state index contributed by atoms with van der Waals surface area (Å²) in [5, 5.41) is 3.40. The molecule has 0 atom stereocenters. The van der Waals surface area contributed by atoms with Gasteiger partial charge in [-0.3, -0.25) is 0 Å². The highest BCUT2D eigenvalue weighted by atomic mass is 32.2. The first-order valence-electron chi connectivity index (χ1n) is 6.70. The highest BCUT2D eigenvalue weighted by molar-refractivity contribution is 7.98. The lowest BCUT2D eigenvalue weighted by molar-refractivity contribution is 0.313. The highest BCUT2D eigenvalue weighted by Crippen LogP contribution is 2.18. The van der Waals surface area contributed by atoms with Crippen molar-refractivity contribution in [2.24, 2.45) is 5.92 Å². The van der Waals surface area contributed by atoms with Crippen molar-refractivity contribution in [1.82, 2.24) is 5.32 Å². The molecule has 0 aromatic heterocycles. The van der Waals surface area contributed by atoms with Crippen molar-refractivity contribution in [3.05, 3.63) is 24.3 Å². The average Bonchev–Trinajstić information content (AvgIpc) is 2.38. The van der Waals surface area contributed by atoms with E-state index in [0.717, 1.165) is 31.4 Å². The summed E-state index contributed by atoms with van der Waals surface area (Å²) in [6, 6.07) is 8.25. The van der Waals surface area contributed by atoms with E-state index in [0.29, 0.717) is 0 Å². The molecule has 1 N–H and O–H groups in total. The summed E-state index contributed by atoms with van der Waals surface area (Å²) in [7, 11) is 0. The van der Waals surface area contributed by atoms with E-state index in [2.05, 4.69) is 37.6 Å². The van der Waals surface area contributed by atoms with E-state index >= 15 is 0 Å². The number of hydrogen-bond donors (Lipinski definition) is 1. The number of benzene rings is 1. The van der Waals surface area contributed by atoms with Crippen LogP contribution in [0.1, 0.15) is 26.7 Å². The number of hydrogen-bond acceptors (Lipinski definition) is 3. The minimum Gasteiger partial charge on any atom is -0.492 e. The summed E-state index contributed by atoms with van der Waals surface area (Å²) >= 11 is 1.75. The Kier molecular flexibility index (Phi) is 7.94. The van der Waals surface area contributed by atoms with Gasteiger partial charge in [-0.05, 0) is 55.8 Å². The molecular formula is C15H25NOS. The summed E-state index contributed by atoms with van der Waals surface area (Å²) in [5.41, 5.74) is 0. The third-order valence-electron chi connectivity index (χ3n) is 2.74. The second kappa shape index (κ2) is 9.29. The van der Waals surface area contributed by atoms with Crippen LogP contribution in [-0.2, 0) is 0 Å². The van der Waals surface area contributed by atoms with Crippen molar-refractivity contribution in [3.8, 4) is 5.75 Å². The first kappa shape index (κ1) is 15.4. The largest absolute Gasteiger partial charge is 0.492 e. The summed E-state index contributed by atoms with van der Waals surface area (Å²) in [6.45, 7) is 7.28. The van der Waals surface area contributed by atoms with Gasteiger partial charge in [-0.15, -0.1) is 11.8 Å². The summed E-state index contributed by atoms with van der Waals surface area (Å²) in [5.74, 6) is 1.76. The van der Waals surface area contributed by atoms with Gasteiger partial charge in [0.1, 0.15) is 12.4 Å². The van der Waals surface area contributed by atoms with E-state index in [9.17, 15) is 0 Å². The molecule has 18 heavy (non-hydrogen) atoms. The molecule has 0 saturated heterocycles. The molecule has 2 nitrogen and oxygen atoms in total. The molecule has 0 amide bonds. The quantitative estimate of drug-likeness (QED) is 0.543. The molecule has 0 spiro atoms. The lowest BCUT2D eigenvalue weighted by atomic mass is 10.1. The molecule has 0 bridgehead atoms. The Bertz CT molecular complexity index is 311. The Morgan fingerprint density at radius 1 is 1.17 bits per heavy atom. The van der Waals surface area contributed by atoms with Crippen LogP contribution in [0.2, 0.25) is 0 Å². The molecule has 1 aromatic rings. The first-order valence-corrected chi connectivity index (χ1v) is 7.92. The van der Waals surface area contributed by atoms with Crippen LogP contribution in [0.4, 0.5) is 0 Å². The van der Waals surface area contributed by atoms with Crippen molar-refractivity contribution in [2.75, 3.05) is 26.0 Å². The van der Waals surface area contributed by atoms with Gasteiger partial charge in [0.2, 0.25) is 0 Å². The maximum absolute atomic E-state index is 5.66. The molecule has 102 valence electrons. The van der Waals surface area contributed by atoms with Gasteiger partial charge in [0.25, 0.3) is 0 Å². The van der Waals surface area contributed by atoms with Crippen LogP contribution in [0.25, 0.3) is 0 Å². The number of ether oxygens (including phenoxy) is 1. The number of rotatable bonds is 9. The predicted octanol–water partition coefficient (Wildman–Crippen LogP) is 3.81. The van der Waals surface area contributed by atoms with E-state index in [4.69, 9.17) is 4.74 Å². The molecule has 0 aliphatic rings. The van der Waals surface area contributed by atoms with Gasteiger partial charge in [0, 0.05) is 11.4 Å². The normalized spacial score (nSPS) is 10.9. The zero-order valence-electron chi connectivity index (χ0n) is 11.7. The topological polar surface area (TPSA) is 21.3 Å². The number of thioether (sulfide) groups is 1. The van der Waals surface area contributed by atoms with Gasteiger partial charge >= 0.3 is 0 Å². The Balaban J connectivity index is 2.03. The van der Waals surface area contributed by atoms with E-state index in [1.54, 1.807) is 11.8 Å². The van der Waals surface area contributed by atoms with E-state index in [1.807, 2.05) is 12.1 Å². The zero-order valence-corrected chi connectivity index (χ0v) is 12.6. The van der Waals surface area contributed by atoms with Crippen LogP contribution < -0.4 is 10.1 Å². The Morgan fingerprint density at radius 3 is 2.50 bits per heavy atom. The van der Waals surface area contributed by atoms with E-state index in [1.165, 1.54) is 17.7 Å². The Labute approximate surface area is 116 Å². The van der Waals surface area contributed by atoms with Gasteiger partial charge in [0.15, 0.2) is 0 Å². The maximum atomic E-state index is 5.66. The molecular weight excluding hydrogens is 242 g/mol. The smallest absolute Gasteiger partial charge is 0.119 e. The standard InChI is InChI=1S/C15H25NOS/c1-13(2)5-4-10-16-11-12-17-14-6-8-15(18-3)9-7-14/h6-9,13,16H,4-5,10-12H2,1-3H3. The lowest BCUT2D eigenvalue weighted by Gasteiger charge is -2.08. The fraction of sp³-hybridized carbons (Fsp3) is 0.600. The van der Waals surface area contributed by atoms with Crippen molar-refractivity contribution in [3.63, 3.8) is 0 Å². The average molecular weight is 267 g/mol. The lowest BCUT2D eigenvalue weighted by Crippen LogP contribution is -2.22. The van der Waals surface area contributed by atoms with Crippen LogP contribution in [0.15, 0.2) is 29.2 Å². The maximum Gasteiger partial charge on any atom is 0.119 e. The minimum absolute atomic E-state index is 0.736. The first-order chi connectivity index (χ1) is 8.72. The Hall–Kier alpha value is -0.670. The Morgan fingerprint density at radius 2 is 1.89 bits per heavy atom. The SMILES string of the molecule is CSc1ccc(OCCNCCCC(C)C)cc1. The summed E-state index contributed by atoms with van der Waals surface area (Å²) in [4.78, 5) is 1.27. The molecule has 1 aromatic carbocycles. The van der Waals surface area contributed by atoms with Crippen molar-refractivity contribution < 1.29 is 4.74 Å². The molecule has 0 aliphatic heterocycles. The van der Waals surface area contributed by atoms with Gasteiger partial charge in [0.05, 0.1) is 0 Å². The van der Waals surface area contributed by atoms with Gasteiger partial charge in [-0.1, -0.05) is 13.8 Å². The van der Waals surface area contributed by atoms with Gasteiger partial charge < -0.3 is 10.1 Å². The third-order valence-corrected chi connectivity index (χ3v) is 3.49. The molecule has 3 heteroatoms. The molecule has 1 rings (SSSR count). The third kappa shape index (κ3) is 6.92. The van der Waals surface area contributed by atoms with Crippen molar-refractivity contribution in [2.45, 2.75) is 31.6 Å². The van der Waals surface area contributed by atoms with Gasteiger partial charge in [-0.25, -0.2) is 0 Å². The van der Waals surface area contributed by atoms with Crippen LogP contribution in [-0.4, -0.2) is 26.0 Å². The fourth-order valence-electron chi connectivity index (χ4n) is 1.67. The van der Waals surface area contributed by atoms with E-state index < -0.39 is 0 Å². The number of nitrogens with one attached hydrogen (secondary N) is 1. The second-order valence-electron chi connectivity index (χ2n) is 4.81. The van der Waals surface area contributed by atoms with Crippen molar-refractivity contribution in [1.29, 1.82) is 0 Å². The molecule has 0 unspecified atom stereocenters. The molecule has 0 heterocycles. The van der Waals surface area contributed by atoms with Crippen molar-refractivity contribution >= 4 is 11.8 Å². The highest BCUT2D eigenvalue weighted by Gasteiger charge is 1.96. The van der Waals surface area contributed by atoms with Gasteiger partial charge in [-0.2, -0.15) is 0 Å². The molecule has 0 saturated carbocycles. The van der Waals surface area contributed by atoms with E-state index in [-0.39, 0.29) is 0 Å². The van der Waals surface area contributed by atoms with Crippen LogP contribution in [0, 0.1) is 5.92 Å². The molecule has 0 aliphatic carbocycles. The summed E-state index contributed by atoms with van der Waals surface area (Å²) in [6.07, 6.45) is 4.63. The fourth-order valence-corrected chi connectivity index (χ4v) is 2.08. The predicted molar refractivity (Wildman–Crippen MR) is 80.7 cm³/mol. The second-order valence-corrected chi connectivity index (χ2v) is 5.69. The zero-order chi connectivity index (χ0) is 13.2. The molecule has 0 fully saturated rings. The minimum atomic E-state index is 0.736.